The SMILES string of the molecule is OC1(c2c#cc(Cl)cc2)CCNCC1. The molecule has 0 atom stereocenters. The standard InChI is InChI=1S/C11H12ClNO/c12-10-3-1-9(2-4-10)11(14)5-7-13-8-6-11/h1,3,13-14H,5-8H2. The van der Waals surface area contributed by atoms with E-state index in [-0.39, 0.29) is 0 Å². The molecule has 0 radical (unpaired) electrons. The Kier molecular flexibility index (Phi) is 2.64. The number of nitrogens with one attached hydrogen (secondary N) is 1. The lowest BCUT2D eigenvalue weighted by Gasteiger charge is -2.31. The summed E-state index contributed by atoms with van der Waals surface area (Å²) in [6.07, 6.45) is 1.44. The number of halogens is 1. The summed E-state index contributed by atoms with van der Waals surface area (Å²) in [5, 5.41) is 14.0. The van der Waals surface area contributed by atoms with E-state index in [1.54, 1.807) is 6.07 Å². The second-order valence-electron chi connectivity index (χ2n) is 3.63. The lowest BCUT2D eigenvalue weighted by molar-refractivity contribution is 0.00595. The molecule has 0 spiro atoms. The highest BCUT2D eigenvalue weighted by atomic mass is 35.5. The molecule has 1 aliphatic heterocycles. The summed E-state index contributed by atoms with van der Waals surface area (Å²) in [5.74, 6) is 0. The molecule has 2 rings (SSSR count). The maximum atomic E-state index is 10.3. The van der Waals surface area contributed by atoms with E-state index in [1.807, 2.05) is 6.07 Å². The Balaban J connectivity index is 2.23. The fourth-order valence-electron chi connectivity index (χ4n) is 1.75. The van der Waals surface area contributed by atoms with E-state index in [4.69, 9.17) is 11.6 Å². The van der Waals surface area contributed by atoms with Crippen LogP contribution >= 0.6 is 11.6 Å². The summed E-state index contributed by atoms with van der Waals surface area (Å²) in [7, 11) is 0. The Morgan fingerprint density at radius 2 is 2.00 bits per heavy atom. The fourth-order valence-corrected chi connectivity index (χ4v) is 1.86. The summed E-state index contributed by atoms with van der Waals surface area (Å²) in [5.41, 5.74) is 0.0511. The number of hydrogen-bond donors (Lipinski definition) is 2. The molecule has 1 saturated heterocycles. The fraction of sp³-hybridized carbons (Fsp3) is 0.455. The lowest BCUT2D eigenvalue weighted by Crippen LogP contribution is -2.39. The monoisotopic (exact) mass is 209 g/mol. The largest absolute Gasteiger partial charge is 0.384 e. The van der Waals surface area contributed by atoms with E-state index >= 15 is 0 Å². The van der Waals surface area contributed by atoms with Gasteiger partial charge in [-0.3, -0.25) is 0 Å². The molecule has 1 aliphatic rings. The molecule has 2 N–H and O–H groups in total. The molecule has 14 heavy (non-hydrogen) atoms. The molecule has 0 aromatic heterocycles. The first-order chi connectivity index (χ1) is 6.71. The molecule has 74 valence electrons. The zero-order chi connectivity index (χ0) is 10.0. The average molecular weight is 210 g/mol. The van der Waals surface area contributed by atoms with Crippen LogP contribution in [0.4, 0.5) is 0 Å². The van der Waals surface area contributed by atoms with Crippen molar-refractivity contribution in [3.8, 4) is 0 Å². The Bertz CT molecular complexity index is 304. The maximum absolute atomic E-state index is 10.3. The van der Waals surface area contributed by atoms with Gasteiger partial charge in [0, 0.05) is 5.56 Å². The predicted molar refractivity (Wildman–Crippen MR) is 55.1 cm³/mol. The second-order valence-corrected chi connectivity index (χ2v) is 4.03. The summed E-state index contributed by atoms with van der Waals surface area (Å²) in [6.45, 7) is 1.68. The number of piperidine rings is 1. The van der Waals surface area contributed by atoms with E-state index in [0.29, 0.717) is 5.02 Å². The quantitative estimate of drug-likeness (QED) is 0.735. The second kappa shape index (κ2) is 3.78. The molecule has 0 saturated carbocycles. The van der Waals surface area contributed by atoms with Gasteiger partial charge in [-0.25, -0.2) is 0 Å². The summed E-state index contributed by atoms with van der Waals surface area (Å²) < 4.78 is 0. The highest BCUT2D eigenvalue weighted by molar-refractivity contribution is 6.30. The minimum absolute atomic E-state index is 0.534. The van der Waals surface area contributed by atoms with Crippen molar-refractivity contribution in [3.63, 3.8) is 0 Å². The molecule has 1 aromatic carbocycles. The van der Waals surface area contributed by atoms with Gasteiger partial charge in [-0.2, -0.15) is 0 Å². The third-order valence-electron chi connectivity index (χ3n) is 2.64. The van der Waals surface area contributed by atoms with Crippen molar-refractivity contribution in [2.24, 2.45) is 0 Å². The Labute approximate surface area is 88.9 Å². The molecular formula is C11H12ClNO. The molecule has 2 nitrogen and oxygen atoms in total. The van der Waals surface area contributed by atoms with Gasteiger partial charge in [0.05, 0.1) is 10.6 Å². The predicted octanol–water partition coefficient (Wildman–Crippen LogP) is 1.51. The summed E-state index contributed by atoms with van der Waals surface area (Å²) >= 11 is 5.72. The molecule has 3 heteroatoms. The minimum atomic E-state index is -0.744. The number of aliphatic hydroxyl groups is 1. The van der Waals surface area contributed by atoms with Crippen molar-refractivity contribution < 1.29 is 5.11 Å². The van der Waals surface area contributed by atoms with E-state index in [9.17, 15) is 5.11 Å². The molecule has 1 fully saturated rings. The lowest BCUT2D eigenvalue weighted by atomic mass is 9.86. The van der Waals surface area contributed by atoms with Gasteiger partial charge in [-0.1, -0.05) is 17.7 Å². The van der Waals surface area contributed by atoms with E-state index in [1.165, 1.54) is 0 Å². The number of hydrogen-bond acceptors (Lipinski definition) is 2. The van der Waals surface area contributed by atoms with Crippen LogP contribution in [-0.4, -0.2) is 18.2 Å². The molecule has 0 aliphatic carbocycles. The first kappa shape index (κ1) is 9.79. The third kappa shape index (κ3) is 1.85. The molecule has 1 aromatic rings. The normalized spacial score (nSPS) is 20.1. The first-order valence-corrected chi connectivity index (χ1v) is 5.12. The minimum Gasteiger partial charge on any atom is -0.384 e. The van der Waals surface area contributed by atoms with Crippen LogP contribution in [0.1, 0.15) is 18.4 Å². The van der Waals surface area contributed by atoms with Crippen LogP contribution in [0.2, 0.25) is 5.02 Å². The topological polar surface area (TPSA) is 32.3 Å². The van der Waals surface area contributed by atoms with Crippen molar-refractivity contribution in [2.75, 3.05) is 13.1 Å². The first-order valence-electron chi connectivity index (χ1n) is 4.74. The van der Waals surface area contributed by atoms with Crippen molar-refractivity contribution in [3.05, 3.63) is 34.9 Å². The molecule has 0 amide bonds. The van der Waals surface area contributed by atoms with Gasteiger partial charge in [0.1, 0.15) is 0 Å². The van der Waals surface area contributed by atoms with E-state index in [2.05, 4.69) is 17.4 Å². The van der Waals surface area contributed by atoms with Crippen molar-refractivity contribution >= 4 is 11.6 Å². The molecule has 0 bridgehead atoms. The zero-order valence-corrected chi connectivity index (χ0v) is 8.56. The van der Waals surface area contributed by atoms with Gasteiger partial charge in [0.25, 0.3) is 0 Å². The molecule has 1 heterocycles. The third-order valence-corrected chi connectivity index (χ3v) is 2.87. The van der Waals surface area contributed by atoms with Gasteiger partial charge in [-0.05, 0) is 44.1 Å². The Morgan fingerprint density at radius 1 is 1.29 bits per heavy atom. The van der Waals surface area contributed by atoms with Gasteiger partial charge in [0.2, 0.25) is 0 Å². The maximum Gasteiger partial charge on any atom is 0.0998 e. The van der Waals surface area contributed by atoms with Crippen LogP contribution < -0.4 is 5.32 Å². The van der Waals surface area contributed by atoms with Crippen LogP contribution in [0.15, 0.2) is 12.1 Å². The number of rotatable bonds is 1. The van der Waals surface area contributed by atoms with Crippen LogP contribution in [0.3, 0.4) is 0 Å². The Morgan fingerprint density at radius 3 is 2.57 bits per heavy atom. The van der Waals surface area contributed by atoms with Gasteiger partial charge in [0.15, 0.2) is 0 Å². The smallest absolute Gasteiger partial charge is 0.0998 e. The van der Waals surface area contributed by atoms with Crippen LogP contribution in [-0.2, 0) is 5.60 Å². The van der Waals surface area contributed by atoms with Gasteiger partial charge >= 0.3 is 0 Å². The van der Waals surface area contributed by atoms with Crippen molar-refractivity contribution in [1.82, 2.24) is 5.32 Å². The van der Waals surface area contributed by atoms with Gasteiger partial charge < -0.3 is 10.4 Å². The van der Waals surface area contributed by atoms with E-state index in [0.717, 1.165) is 31.5 Å². The van der Waals surface area contributed by atoms with Crippen LogP contribution in [0.5, 0.6) is 0 Å². The highest BCUT2D eigenvalue weighted by Gasteiger charge is 2.31. The molecule has 0 unspecified atom stereocenters. The average Bonchev–Trinajstić information content (AvgIpc) is 2.19. The van der Waals surface area contributed by atoms with Gasteiger partial charge in [-0.15, -0.1) is 0 Å². The van der Waals surface area contributed by atoms with E-state index < -0.39 is 5.60 Å². The molecular weight excluding hydrogens is 198 g/mol. The zero-order valence-electron chi connectivity index (χ0n) is 7.81. The highest BCUT2D eigenvalue weighted by Crippen LogP contribution is 2.29. The van der Waals surface area contributed by atoms with Crippen molar-refractivity contribution in [1.29, 1.82) is 0 Å². The van der Waals surface area contributed by atoms with Crippen LogP contribution in [0, 0.1) is 12.1 Å². The Hall–Kier alpha value is -0.750. The summed E-state index contributed by atoms with van der Waals surface area (Å²) in [4.78, 5) is 0. The summed E-state index contributed by atoms with van der Waals surface area (Å²) in [6, 6.07) is 9.26. The van der Waals surface area contributed by atoms with Crippen molar-refractivity contribution in [2.45, 2.75) is 18.4 Å². The van der Waals surface area contributed by atoms with Crippen LogP contribution in [0.25, 0.3) is 0 Å².